The Morgan fingerprint density at radius 2 is 1.89 bits per heavy atom. The molecule has 8 heteroatoms. The van der Waals surface area contributed by atoms with Crippen molar-refractivity contribution in [2.45, 2.75) is 25.2 Å². The molecule has 2 N–H and O–H groups in total. The molecule has 0 aliphatic rings. The number of sulfonamides is 1. The predicted molar refractivity (Wildman–Crippen MR) is 108 cm³/mol. The van der Waals surface area contributed by atoms with Gasteiger partial charge in [0.15, 0.2) is 5.13 Å². The smallest absolute Gasteiger partial charge is 0.261 e. The highest BCUT2D eigenvalue weighted by Gasteiger charge is 2.15. The van der Waals surface area contributed by atoms with Crippen molar-refractivity contribution in [1.82, 2.24) is 4.98 Å². The Hall–Kier alpha value is -2.71. The Kier molecular flexibility index (Phi) is 5.57. The van der Waals surface area contributed by atoms with Crippen LogP contribution >= 0.6 is 11.3 Å². The maximum Gasteiger partial charge on any atom is 0.261 e. The molecule has 0 radical (unpaired) electrons. The molecular weight excluding hydrogens is 382 g/mol. The minimum atomic E-state index is -3.67. The fraction of sp³-hybridized carbons (Fsp3) is 0.158. The number of benzene rings is 2. The van der Waals surface area contributed by atoms with Gasteiger partial charge >= 0.3 is 0 Å². The Morgan fingerprint density at radius 1 is 1.15 bits per heavy atom. The molecule has 0 unspecified atom stereocenters. The zero-order valence-corrected chi connectivity index (χ0v) is 16.5. The van der Waals surface area contributed by atoms with E-state index in [1.807, 2.05) is 30.5 Å². The number of thiazole rings is 1. The van der Waals surface area contributed by atoms with Crippen LogP contribution < -0.4 is 10.0 Å². The maximum atomic E-state index is 12.6. The van der Waals surface area contributed by atoms with E-state index in [1.165, 1.54) is 18.3 Å². The standard InChI is InChI=1S/C19H19N3O3S2/c1-3-14-7-9-17(10-8-14)27(24,25)22-16-6-4-5-15(11-16)18-12-26-19(21-18)20-13(2)23/h4-12,22H,3H2,1-2H3,(H,20,21,23). The fourth-order valence-electron chi connectivity index (χ4n) is 2.47. The molecule has 0 bridgehead atoms. The third kappa shape index (κ3) is 4.72. The zero-order valence-electron chi connectivity index (χ0n) is 14.9. The fourth-order valence-corrected chi connectivity index (χ4v) is 4.29. The summed E-state index contributed by atoms with van der Waals surface area (Å²) in [7, 11) is -3.67. The lowest BCUT2D eigenvalue weighted by molar-refractivity contribution is -0.114. The third-order valence-corrected chi connectivity index (χ3v) is 5.99. The lowest BCUT2D eigenvalue weighted by Crippen LogP contribution is -2.13. The number of nitrogens with zero attached hydrogens (tertiary/aromatic N) is 1. The van der Waals surface area contributed by atoms with Gasteiger partial charge in [0.05, 0.1) is 10.6 Å². The van der Waals surface area contributed by atoms with Gasteiger partial charge in [-0.1, -0.05) is 31.2 Å². The summed E-state index contributed by atoms with van der Waals surface area (Å²) in [5, 5.41) is 4.94. The number of carbonyl (C=O) groups is 1. The van der Waals surface area contributed by atoms with Crippen molar-refractivity contribution in [3.63, 3.8) is 0 Å². The Bertz CT molecular complexity index is 1060. The number of anilines is 2. The molecule has 0 aliphatic heterocycles. The van der Waals surface area contributed by atoms with Crippen LogP contribution in [0.4, 0.5) is 10.8 Å². The van der Waals surface area contributed by atoms with Crippen LogP contribution in [0.5, 0.6) is 0 Å². The molecule has 27 heavy (non-hydrogen) atoms. The highest BCUT2D eigenvalue weighted by Crippen LogP contribution is 2.27. The van der Waals surface area contributed by atoms with Crippen LogP contribution in [0.25, 0.3) is 11.3 Å². The predicted octanol–water partition coefficient (Wildman–Crippen LogP) is 4.13. The van der Waals surface area contributed by atoms with Crippen molar-refractivity contribution in [3.05, 3.63) is 59.5 Å². The van der Waals surface area contributed by atoms with Crippen molar-refractivity contribution in [2.24, 2.45) is 0 Å². The molecule has 1 aromatic heterocycles. The normalized spacial score (nSPS) is 11.2. The van der Waals surface area contributed by atoms with Gasteiger partial charge in [-0.05, 0) is 36.2 Å². The van der Waals surface area contributed by atoms with Crippen LogP contribution in [-0.2, 0) is 21.2 Å². The van der Waals surface area contributed by atoms with E-state index in [2.05, 4.69) is 15.0 Å². The van der Waals surface area contributed by atoms with E-state index < -0.39 is 10.0 Å². The van der Waals surface area contributed by atoms with Crippen molar-refractivity contribution in [1.29, 1.82) is 0 Å². The zero-order chi connectivity index (χ0) is 19.4. The lowest BCUT2D eigenvalue weighted by Gasteiger charge is -2.09. The van der Waals surface area contributed by atoms with Gasteiger partial charge in [0.1, 0.15) is 0 Å². The molecule has 0 aliphatic carbocycles. The summed E-state index contributed by atoms with van der Waals surface area (Å²) in [6, 6.07) is 13.8. The van der Waals surface area contributed by atoms with Crippen LogP contribution in [0, 0.1) is 0 Å². The summed E-state index contributed by atoms with van der Waals surface area (Å²) in [6.07, 6.45) is 0.851. The minimum Gasteiger partial charge on any atom is -0.302 e. The monoisotopic (exact) mass is 401 g/mol. The van der Waals surface area contributed by atoms with E-state index >= 15 is 0 Å². The minimum absolute atomic E-state index is 0.188. The van der Waals surface area contributed by atoms with Crippen LogP contribution in [0.15, 0.2) is 58.8 Å². The molecule has 6 nitrogen and oxygen atoms in total. The average molecular weight is 402 g/mol. The van der Waals surface area contributed by atoms with Crippen LogP contribution in [0.1, 0.15) is 19.4 Å². The number of nitrogens with one attached hydrogen (secondary N) is 2. The molecule has 0 fully saturated rings. The highest BCUT2D eigenvalue weighted by molar-refractivity contribution is 7.92. The molecule has 1 amide bonds. The molecule has 3 aromatic rings. The van der Waals surface area contributed by atoms with Crippen molar-refractivity contribution in [3.8, 4) is 11.3 Å². The second kappa shape index (κ2) is 7.89. The van der Waals surface area contributed by atoms with E-state index in [4.69, 9.17) is 0 Å². The molecule has 0 saturated carbocycles. The molecule has 0 saturated heterocycles. The highest BCUT2D eigenvalue weighted by atomic mass is 32.2. The first kappa shape index (κ1) is 19.1. The van der Waals surface area contributed by atoms with Crippen LogP contribution in [-0.4, -0.2) is 19.3 Å². The summed E-state index contributed by atoms with van der Waals surface area (Å²) >= 11 is 1.31. The Morgan fingerprint density at radius 3 is 2.56 bits per heavy atom. The second-order valence-electron chi connectivity index (χ2n) is 5.90. The SMILES string of the molecule is CCc1ccc(S(=O)(=O)Nc2cccc(-c3csc(NC(C)=O)n3)c2)cc1. The first-order valence-electron chi connectivity index (χ1n) is 8.32. The van der Waals surface area contributed by atoms with Gasteiger partial charge < -0.3 is 5.32 Å². The van der Waals surface area contributed by atoms with Gasteiger partial charge in [0, 0.05) is 23.6 Å². The van der Waals surface area contributed by atoms with E-state index in [0.717, 1.165) is 17.5 Å². The average Bonchev–Trinajstić information content (AvgIpc) is 3.09. The van der Waals surface area contributed by atoms with E-state index in [0.29, 0.717) is 16.5 Å². The van der Waals surface area contributed by atoms with E-state index in [1.54, 1.807) is 30.3 Å². The first-order valence-corrected chi connectivity index (χ1v) is 10.7. The second-order valence-corrected chi connectivity index (χ2v) is 8.44. The molecule has 2 aromatic carbocycles. The summed E-state index contributed by atoms with van der Waals surface area (Å²) in [4.78, 5) is 15.7. The molecule has 0 atom stereocenters. The number of carbonyl (C=O) groups excluding carboxylic acids is 1. The van der Waals surface area contributed by atoms with Gasteiger partial charge in [-0.25, -0.2) is 13.4 Å². The quantitative estimate of drug-likeness (QED) is 0.650. The Balaban J connectivity index is 1.82. The number of amides is 1. The topological polar surface area (TPSA) is 88.2 Å². The van der Waals surface area contributed by atoms with Gasteiger partial charge in [-0.3, -0.25) is 9.52 Å². The number of aryl methyl sites for hydroxylation is 1. The van der Waals surface area contributed by atoms with Gasteiger partial charge in [-0.2, -0.15) is 0 Å². The first-order chi connectivity index (χ1) is 12.9. The van der Waals surface area contributed by atoms with Crippen molar-refractivity contribution < 1.29 is 13.2 Å². The van der Waals surface area contributed by atoms with Gasteiger partial charge in [-0.15, -0.1) is 11.3 Å². The van der Waals surface area contributed by atoms with Crippen molar-refractivity contribution in [2.75, 3.05) is 10.0 Å². The summed E-state index contributed by atoms with van der Waals surface area (Å²) < 4.78 is 27.8. The molecule has 0 spiro atoms. The molecular formula is C19H19N3O3S2. The van der Waals surface area contributed by atoms with E-state index in [9.17, 15) is 13.2 Å². The van der Waals surface area contributed by atoms with Crippen molar-refractivity contribution >= 4 is 38.1 Å². The lowest BCUT2D eigenvalue weighted by atomic mass is 10.1. The van der Waals surface area contributed by atoms with Crippen LogP contribution in [0.3, 0.4) is 0 Å². The number of rotatable bonds is 6. The third-order valence-electron chi connectivity index (χ3n) is 3.84. The summed E-state index contributed by atoms with van der Waals surface area (Å²) in [5.41, 5.74) is 2.94. The van der Waals surface area contributed by atoms with Gasteiger partial charge in [0.25, 0.3) is 10.0 Å². The maximum absolute atomic E-state index is 12.6. The number of aromatic nitrogens is 1. The number of hydrogen-bond acceptors (Lipinski definition) is 5. The number of hydrogen-bond donors (Lipinski definition) is 2. The Labute approximate surface area is 162 Å². The van der Waals surface area contributed by atoms with E-state index in [-0.39, 0.29) is 10.8 Å². The molecule has 1 heterocycles. The van der Waals surface area contributed by atoms with Crippen LogP contribution in [0.2, 0.25) is 0 Å². The summed E-state index contributed by atoms with van der Waals surface area (Å²) in [6.45, 7) is 3.44. The van der Waals surface area contributed by atoms with Gasteiger partial charge in [0.2, 0.25) is 5.91 Å². The largest absolute Gasteiger partial charge is 0.302 e. The molecule has 140 valence electrons. The summed E-state index contributed by atoms with van der Waals surface area (Å²) in [5.74, 6) is -0.188. The molecule has 3 rings (SSSR count).